The number of anilines is 2. The molecule has 0 unspecified atom stereocenters. The molecule has 0 saturated carbocycles. The Morgan fingerprint density at radius 3 is 2.68 bits per heavy atom. The molecule has 0 bridgehead atoms. The van der Waals surface area contributed by atoms with Gasteiger partial charge in [-0.15, -0.1) is 0 Å². The van der Waals surface area contributed by atoms with Crippen molar-refractivity contribution in [3.8, 4) is 5.75 Å². The summed E-state index contributed by atoms with van der Waals surface area (Å²) in [6, 6.07) is 7.76. The molecule has 1 aromatic carbocycles. The number of ether oxygens (including phenoxy) is 1. The average molecular weight is 383 g/mol. The maximum Gasteiger partial charge on any atom is 0.332 e. The predicted octanol–water partition coefficient (Wildman–Crippen LogP) is 2.10. The van der Waals surface area contributed by atoms with Crippen molar-refractivity contribution in [1.29, 1.82) is 0 Å². The van der Waals surface area contributed by atoms with Gasteiger partial charge >= 0.3 is 5.69 Å². The minimum Gasteiger partial charge on any atom is -0.495 e. The van der Waals surface area contributed by atoms with Crippen molar-refractivity contribution in [2.75, 3.05) is 18.6 Å². The van der Waals surface area contributed by atoms with E-state index in [1.54, 1.807) is 14.2 Å². The van der Waals surface area contributed by atoms with Gasteiger partial charge in [-0.05, 0) is 24.5 Å². The van der Waals surface area contributed by atoms with Crippen LogP contribution in [0.5, 0.6) is 5.75 Å². The van der Waals surface area contributed by atoms with E-state index in [0.29, 0.717) is 42.5 Å². The summed E-state index contributed by atoms with van der Waals surface area (Å²) in [5.74, 6) is 1.71. The molecule has 4 rings (SSSR count). The first-order chi connectivity index (χ1) is 13.5. The first-order valence-corrected chi connectivity index (χ1v) is 9.58. The third-order valence-corrected chi connectivity index (χ3v) is 5.27. The third-order valence-electron chi connectivity index (χ3n) is 5.27. The van der Waals surface area contributed by atoms with Crippen LogP contribution in [0.25, 0.3) is 11.2 Å². The number of aryl methyl sites for hydroxylation is 1. The zero-order valence-corrected chi connectivity index (χ0v) is 16.7. The number of aromatic nitrogens is 4. The van der Waals surface area contributed by atoms with Gasteiger partial charge in [-0.25, -0.2) is 4.79 Å². The Morgan fingerprint density at radius 2 is 1.96 bits per heavy atom. The minimum atomic E-state index is -0.327. The predicted molar refractivity (Wildman–Crippen MR) is 109 cm³/mol. The summed E-state index contributed by atoms with van der Waals surface area (Å²) in [7, 11) is 3.31. The van der Waals surface area contributed by atoms with E-state index in [2.05, 4.69) is 11.8 Å². The molecule has 0 amide bonds. The lowest BCUT2D eigenvalue weighted by Gasteiger charge is -2.33. The Kier molecular flexibility index (Phi) is 4.49. The Labute approximate surface area is 162 Å². The number of benzene rings is 1. The van der Waals surface area contributed by atoms with Gasteiger partial charge in [0.2, 0.25) is 5.95 Å². The molecule has 0 saturated heterocycles. The van der Waals surface area contributed by atoms with Gasteiger partial charge in [-0.3, -0.25) is 13.9 Å². The summed E-state index contributed by atoms with van der Waals surface area (Å²) in [4.78, 5) is 32.6. The maximum absolute atomic E-state index is 13.1. The lowest BCUT2D eigenvalue weighted by Crippen LogP contribution is -2.40. The van der Waals surface area contributed by atoms with Gasteiger partial charge < -0.3 is 14.2 Å². The number of nitrogens with zero attached hydrogens (tertiary/aromatic N) is 5. The van der Waals surface area contributed by atoms with Gasteiger partial charge in [0.15, 0.2) is 11.2 Å². The normalized spacial score (nSPS) is 16.4. The molecule has 3 heterocycles. The van der Waals surface area contributed by atoms with Crippen molar-refractivity contribution in [3.05, 3.63) is 45.1 Å². The van der Waals surface area contributed by atoms with Crippen LogP contribution in [0.2, 0.25) is 0 Å². The largest absolute Gasteiger partial charge is 0.495 e. The molecule has 3 aromatic rings. The van der Waals surface area contributed by atoms with Crippen molar-refractivity contribution < 1.29 is 4.74 Å². The quantitative estimate of drug-likeness (QED) is 0.690. The number of methoxy groups -OCH3 is 1. The molecule has 1 aliphatic heterocycles. The van der Waals surface area contributed by atoms with Crippen LogP contribution >= 0.6 is 0 Å². The van der Waals surface area contributed by atoms with E-state index in [0.717, 1.165) is 18.0 Å². The average Bonchev–Trinajstić information content (AvgIpc) is 3.08. The van der Waals surface area contributed by atoms with Crippen molar-refractivity contribution in [1.82, 2.24) is 18.7 Å². The molecule has 2 aromatic heterocycles. The minimum absolute atomic E-state index is 0.271. The molecule has 0 spiro atoms. The fourth-order valence-electron chi connectivity index (χ4n) is 3.98. The molecule has 8 heteroatoms. The van der Waals surface area contributed by atoms with Crippen molar-refractivity contribution in [2.45, 2.75) is 33.4 Å². The van der Waals surface area contributed by atoms with Crippen molar-refractivity contribution >= 4 is 22.8 Å². The van der Waals surface area contributed by atoms with Crippen LogP contribution in [0.15, 0.2) is 33.9 Å². The Bertz CT molecular complexity index is 1160. The maximum atomic E-state index is 13.1. The zero-order chi connectivity index (χ0) is 20.0. The first-order valence-electron chi connectivity index (χ1n) is 9.58. The third kappa shape index (κ3) is 2.63. The topological polar surface area (TPSA) is 74.3 Å². The molecular weight excluding hydrogens is 358 g/mol. The van der Waals surface area contributed by atoms with Gasteiger partial charge in [0.05, 0.1) is 12.8 Å². The van der Waals surface area contributed by atoms with Gasteiger partial charge in [-0.2, -0.15) is 4.98 Å². The molecule has 28 heavy (non-hydrogen) atoms. The number of rotatable bonds is 4. The standard InChI is InChI=1S/C20H25N5O3/c1-5-10-23-18(26)16-17(22(3)20(23)27)21-19-24(11-13(2)12-25(16)19)14-8-6-7-9-15(14)28-4/h6-9,13H,5,10-12H2,1-4H3/t13-/m0/s1. The fraction of sp³-hybridized carbons (Fsp3) is 0.450. The molecule has 8 nitrogen and oxygen atoms in total. The first kappa shape index (κ1) is 18.3. The number of imidazole rings is 1. The summed E-state index contributed by atoms with van der Waals surface area (Å²) in [6.45, 7) is 5.92. The van der Waals surface area contributed by atoms with E-state index in [-0.39, 0.29) is 11.2 Å². The summed E-state index contributed by atoms with van der Waals surface area (Å²) in [5, 5.41) is 0. The Hall–Kier alpha value is -3.03. The Morgan fingerprint density at radius 1 is 1.21 bits per heavy atom. The van der Waals surface area contributed by atoms with Crippen LogP contribution in [0.1, 0.15) is 20.3 Å². The molecule has 148 valence electrons. The van der Waals surface area contributed by atoms with E-state index in [1.165, 1.54) is 9.13 Å². The SMILES string of the molecule is CCCn1c(=O)c2c(nc3n2C[C@@H](C)CN3c2ccccc2OC)n(C)c1=O. The fourth-order valence-corrected chi connectivity index (χ4v) is 3.98. The van der Waals surface area contributed by atoms with Gasteiger partial charge in [0, 0.05) is 26.7 Å². The second kappa shape index (κ2) is 6.85. The van der Waals surface area contributed by atoms with Crippen LogP contribution in [0.3, 0.4) is 0 Å². The number of para-hydroxylation sites is 2. The highest BCUT2D eigenvalue weighted by Gasteiger charge is 2.30. The monoisotopic (exact) mass is 383 g/mol. The van der Waals surface area contributed by atoms with Gasteiger partial charge in [0.25, 0.3) is 5.56 Å². The van der Waals surface area contributed by atoms with Gasteiger partial charge in [-0.1, -0.05) is 26.0 Å². The van der Waals surface area contributed by atoms with E-state index < -0.39 is 0 Å². The Balaban J connectivity index is 2.03. The summed E-state index contributed by atoms with van der Waals surface area (Å²) >= 11 is 0. The highest BCUT2D eigenvalue weighted by molar-refractivity contribution is 5.78. The van der Waals surface area contributed by atoms with E-state index in [1.807, 2.05) is 35.8 Å². The molecule has 0 radical (unpaired) electrons. The van der Waals surface area contributed by atoms with Crippen LogP contribution in [0.4, 0.5) is 11.6 Å². The van der Waals surface area contributed by atoms with Crippen LogP contribution in [-0.2, 0) is 20.1 Å². The molecule has 0 fully saturated rings. The smallest absolute Gasteiger partial charge is 0.332 e. The molecule has 0 aliphatic carbocycles. The summed E-state index contributed by atoms with van der Waals surface area (Å²) < 4.78 is 10.3. The number of hydrogen-bond donors (Lipinski definition) is 0. The summed E-state index contributed by atoms with van der Waals surface area (Å²) in [6.07, 6.45) is 0.714. The summed E-state index contributed by atoms with van der Waals surface area (Å²) in [5.41, 5.74) is 1.20. The van der Waals surface area contributed by atoms with E-state index >= 15 is 0 Å². The highest BCUT2D eigenvalue weighted by Crippen LogP contribution is 2.37. The number of fused-ring (bicyclic) bond motifs is 3. The van der Waals surface area contributed by atoms with E-state index in [4.69, 9.17) is 9.72 Å². The second-order valence-electron chi connectivity index (χ2n) is 7.38. The number of hydrogen-bond acceptors (Lipinski definition) is 5. The molecule has 0 N–H and O–H groups in total. The lowest BCUT2D eigenvalue weighted by molar-refractivity contribution is 0.409. The van der Waals surface area contributed by atoms with Crippen molar-refractivity contribution in [2.24, 2.45) is 13.0 Å². The molecular formula is C20H25N5O3. The van der Waals surface area contributed by atoms with Crippen LogP contribution < -0.4 is 20.9 Å². The lowest BCUT2D eigenvalue weighted by atomic mass is 10.1. The molecule has 1 aliphatic rings. The zero-order valence-electron chi connectivity index (χ0n) is 16.7. The van der Waals surface area contributed by atoms with E-state index in [9.17, 15) is 9.59 Å². The second-order valence-corrected chi connectivity index (χ2v) is 7.38. The van der Waals surface area contributed by atoms with Crippen molar-refractivity contribution in [3.63, 3.8) is 0 Å². The van der Waals surface area contributed by atoms with Crippen LogP contribution in [0, 0.1) is 5.92 Å². The highest BCUT2D eigenvalue weighted by atomic mass is 16.5. The van der Waals surface area contributed by atoms with Gasteiger partial charge in [0.1, 0.15) is 5.75 Å². The molecule has 1 atom stereocenters. The van der Waals surface area contributed by atoms with Crippen LogP contribution in [-0.4, -0.2) is 32.3 Å².